The molecule has 0 aliphatic carbocycles. The summed E-state index contributed by atoms with van der Waals surface area (Å²) in [4.78, 5) is 34.4. The Morgan fingerprint density at radius 3 is 2.38 bits per heavy atom. The maximum Gasteiger partial charge on any atom is 0.303 e. The summed E-state index contributed by atoms with van der Waals surface area (Å²) < 4.78 is 0. The van der Waals surface area contributed by atoms with E-state index in [9.17, 15) is 30.0 Å². The number of nitrogens with zero attached hydrogens (tertiary/aromatic N) is 1. The van der Waals surface area contributed by atoms with Gasteiger partial charge in [-0.05, 0) is 80.0 Å². The summed E-state index contributed by atoms with van der Waals surface area (Å²) in [5.74, 6) is -1.66. The molecule has 8 N–H and O–H groups in total. The normalized spacial score (nSPS) is 35.3. The number of piperidine rings is 1. The molecule has 12 nitrogen and oxygen atoms in total. The minimum absolute atomic E-state index is 0.00501. The number of nitrogens with one attached hydrogen (secondary N) is 4. The Balaban J connectivity index is 1.23. The molecule has 6 aliphatic rings. The van der Waals surface area contributed by atoms with Gasteiger partial charge in [-0.15, -0.1) is 5.48 Å². The first-order valence-electron chi connectivity index (χ1n) is 16.2. The topological polar surface area (TPSA) is 192 Å². The van der Waals surface area contributed by atoms with Crippen LogP contribution in [0.4, 0.5) is 0 Å². The highest BCUT2D eigenvalue weighted by molar-refractivity contribution is 8.06. The van der Waals surface area contributed by atoms with Crippen molar-refractivity contribution in [2.75, 3.05) is 18.9 Å². The van der Waals surface area contributed by atoms with Crippen LogP contribution in [-0.4, -0.2) is 90.1 Å². The Morgan fingerprint density at radius 2 is 1.79 bits per heavy atom. The van der Waals surface area contributed by atoms with Crippen molar-refractivity contribution in [2.24, 2.45) is 11.8 Å². The van der Waals surface area contributed by atoms with E-state index in [0.717, 1.165) is 62.0 Å². The number of allylic oxidation sites excluding steroid dienone is 2. The van der Waals surface area contributed by atoms with Crippen molar-refractivity contribution in [3.05, 3.63) is 68.9 Å². The number of carbonyl (C=O) groups is 2. The van der Waals surface area contributed by atoms with E-state index in [0.29, 0.717) is 31.1 Å². The predicted octanol–water partition coefficient (Wildman–Crippen LogP) is 2.59. The summed E-state index contributed by atoms with van der Waals surface area (Å²) in [6.07, 6.45) is 7.19. The highest BCUT2D eigenvalue weighted by Gasteiger charge is 2.68. The van der Waals surface area contributed by atoms with Crippen LogP contribution in [0.2, 0.25) is 0 Å². The van der Waals surface area contributed by atoms with E-state index < -0.39 is 23.5 Å². The second kappa shape index (κ2) is 11.7. The lowest BCUT2D eigenvalue weighted by atomic mass is 9.85. The minimum Gasteiger partial charge on any atom is -0.481 e. The molecule has 0 amide bonds. The largest absolute Gasteiger partial charge is 0.481 e. The van der Waals surface area contributed by atoms with Gasteiger partial charge >= 0.3 is 11.9 Å². The third-order valence-electron chi connectivity index (χ3n) is 10.9. The highest BCUT2D eigenvalue weighted by atomic mass is 32.2. The quantitative estimate of drug-likeness (QED) is 0.144. The van der Waals surface area contributed by atoms with E-state index in [1.165, 1.54) is 0 Å². The van der Waals surface area contributed by atoms with Gasteiger partial charge in [0.2, 0.25) is 5.85 Å². The number of aromatic amines is 1. The first kappa shape index (κ1) is 32.2. The average Bonchev–Trinajstić information content (AvgIpc) is 3.96. The van der Waals surface area contributed by atoms with Crippen LogP contribution in [0.3, 0.4) is 0 Å². The average molecular weight is 666 g/mol. The second-order valence-corrected chi connectivity index (χ2v) is 14.9. The Bertz CT molecular complexity index is 1670. The zero-order valence-corrected chi connectivity index (χ0v) is 27.7. The number of H-pyrrole nitrogens is 1. The fourth-order valence-electron chi connectivity index (χ4n) is 8.07. The fraction of sp³-hybridized carbons (Fsp3) is 0.529. The number of aromatic nitrogens is 1. The van der Waals surface area contributed by atoms with E-state index in [1.807, 2.05) is 36.6 Å². The number of hydrogen-bond acceptors (Lipinski definition) is 10. The van der Waals surface area contributed by atoms with E-state index in [4.69, 9.17) is 4.84 Å². The monoisotopic (exact) mass is 665 g/mol. The second-order valence-electron chi connectivity index (χ2n) is 13.6. The number of aliphatic carboxylic acids is 2. The van der Waals surface area contributed by atoms with Crippen molar-refractivity contribution in [1.82, 2.24) is 26.0 Å². The van der Waals surface area contributed by atoms with Crippen LogP contribution < -0.4 is 16.1 Å². The van der Waals surface area contributed by atoms with Crippen LogP contribution in [0.5, 0.6) is 0 Å². The van der Waals surface area contributed by atoms with E-state index in [-0.39, 0.29) is 43.4 Å². The van der Waals surface area contributed by atoms with Gasteiger partial charge in [-0.2, -0.15) is 11.8 Å². The summed E-state index contributed by atoms with van der Waals surface area (Å²) in [5.41, 5.74) is 11.3. The van der Waals surface area contributed by atoms with Gasteiger partial charge in [-0.3, -0.25) is 19.7 Å². The Morgan fingerprint density at radius 1 is 1.09 bits per heavy atom. The molecule has 7 rings (SSSR count). The van der Waals surface area contributed by atoms with Crippen LogP contribution in [-0.2, 0) is 20.8 Å². The lowest BCUT2D eigenvalue weighted by Gasteiger charge is -2.21. The molecule has 6 aliphatic heterocycles. The highest BCUT2D eigenvalue weighted by Crippen LogP contribution is 2.60. The number of hydrogen-bond donors (Lipinski definition) is 8. The molecule has 4 fully saturated rings. The van der Waals surface area contributed by atoms with E-state index >= 15 is 0 Å². The molecule has 1 aromatic heterocycles. The number of aliphatic hydroxyl groups excluding tert-OH is 1. The minimum atomic E-state index is -1.01. The molecule has 1 unspecified atom stereocenters. The lowest BCUT2D eigenvalue weighted by Crippen LogP contribution is -2.41. The van der Waals surface area contributed by atoms with Gasteiger partial charge in [0.1, 0.15) is 0 Å². The van der Waals surface area contributed by atoms with Crippen LogP contribution in [0.15, 0.2) is 46.3 Å². The van der Waals surface area contributed by atoms with Crippen LogP contribution in [0.1, 0.15) is 62.0 Å². The number of carboxylic acids is 2. The van der Waals surface area contributed by atoms with Crippen molar-refractivity contribution < 1.29 is 34.9 Å². The number of hydroxylamine groups is 1. The summed E-state index contributed by atoms with van der Waals surface area (Å²) in [5, 5.41) is 48.0. The standard InChI is InChI=1S/C34H43N5O7S/c1-5-21-18(4)25(37-34(21)38-46-34)10-23-16(2)19(6-8-30(41)42)26(35-23)11-27-20(7-9-31(43)44)17(3)24(36-27)12-28-32(29-14-47-29)22(13-40)33(45)15-39(28)33/h5,11-12,22-23,25,29,32,35-38,40,45H,1,6-10,13-15H2,2-4H3,(H,41,42)(H,43,44)/b26-11-,28-12+/t22-,23?,25-,29+,32-,33+,34-,39?/m1/s1. The molecular formula is C34H43N5O7S. The van der Waals surface area contributed by atoms with Gasteiger partial charge in [0.15, 0.2) is 5.72 Å². The molecule has 13 heteroatoms. The van der Waals surface area contributed by atoms with Crippen molar-refractivity contribution in [3.8, 4) is 0 Å². The first-order valence-corrected chi connectivity index (χ1v) is 17.3. The Hall–Kier alpha value is -3.33. The number of carboxylic acid groups (broad SMARTS) is 2. The third kappa shape index (κ3) is 5.56. The molecule has 0 aromatic carbocycles. The van der Waals surface area contributed by atoms with Crippen molar-refractivity contribution in [3.63, 3.8) is 0 Å². The van der Waals surface area contributed by atoms with Gasteiger partial charge in [0, 0.05) is 76.1 Å². The van der Waals surface area contributed by atoms with Crippen molar-refractivity contribution >= 4 is 35.9 Å². The van der Waals surface area contributed by atoms with Crippen LogP contribution in [0.25, 0.3) is 12.2 Å². The zero-order chi connectivity index (χ0) is 33.4. The number of rotatable bonds is 13. The molecular weight excluding hydrogens is 622 g/mol. The van der Waals surface area contributed by atoms with Crippen molar-refractivity contribution in [1.29, 1.82) is 0 Å². The maximum absolute atomic E-state index is 11.7. The van der Waals surface area contributed by atoms with Gasteiger partial charge < -0.3 is 35.6 Å². The predicted molar refractivity (Wildman–Crippen MR) is 177 cm³/mol. The zero-order valence-electron chi connectivity index (χ0n) is 26.9. The van der Waals surface area contributed by atoms with Crippen LogP contribution in [0, 0.1) is 18.8 Å². The van der Waals surface area contributed by atoms with Crippen molar-refractivity contribution in [2.45, 2.75) is 81.8 Å². The molecule has 0 radical (unpaired) electrons. The molecule has 0 saturated carbocycles. The molecule has 1 aromatic rings. The van der Waals surface area contributed by atoms with Gasteiger partial charge in [-0.1, -0.05) is 12.7 Å². The Labute approximate surface area is 277 Å². The number of aliphatic hydroxyl groups is 2. The van der Waals surface area contributed by atoms with Gasteiger partial charge in [0.05, 0.1) is 13.2 Å². The summed E-state index contributed by atoms with van der Waals surface area (Å²) in [7, 11) is 0. The molecule has 252 valence electrons. The summed E-state index contributed by atoms with van der Waals surface area (Å²) in [6, 6.07) is -0.0611. The fourth-order valence-corrected chi connectivity index (χ4v) is 8.92. The van der Waals surface area contributed by atoms with E-state index in [2.05, 4.69) is 40.7 Å². The number of thioether (sulfide) groups is 1. The maximum atomic E-state index is 11.7. The number of fused-ring (bicyclic) bond motifs is 1. The van der Waals surface area contributed by atoms with E-state index in [1.54, 1.807) is 6.08 Å². The van der Waals surface area contributed by atoms with Gasteiger partial charge in [-0.25, -0.2) is 0 Å². The SMILES string of the molecule is C=CC1=C(C)[C@@H](CC2N/C(=C\c3[nH]c(/C=C4\[C@H]([C@@H]5CS5)[C@@H](CO)[C@@]5(O)CN45)c(C)c3CCC(=O)O)C(CCC(=O)O)=C2C)N[C@@]12NO2. The smallest absolute Gasteiger partial charge is 0.303 e. The third-order valence-corrected chi connectivity index (χ3v) is 12.0. The molecule has 0 bridgehead atoms. The molecule has 4 saturated heterocycles. The molecule has 47 heavy (non-hydrogen) atoms. The van der Waals surface area contributed by atoms with Gasteiger partial charge in [0.25, 0.3) is 0 Å². The first-order chi connectivity index (χ1) is 22.4. The Kier molecular flexibility index (Phi) is 8.00. The molecule has 7 atom stereocenters. The molecule has 7 heterocycles. The lowest BCUT2D eigenvalue weighted by molar-refractivity contribution is -0.138. The summed E-state index contributed by atoms with van der Waals surface area (Å²) >= 11 is 1.84. The van der Waals surface area contributed by atoms with Crippen LogP contribution >= 0.6 is 11.8 Å². The summed E-state index contributed by atoms with van der Waals surface area (Å²) in [6.45, 7) is 10.4. The molecule has 1 spiro atoms.